The molecule has 1 atom stereocenters. The van der Waals surface area contributed by atoms with Gasteiger partial charge in [0.15, 0.2) is 17.0 Å². The number of likely N-dealkylation sites (tertiary alicyclic amines) is 1. The average molecular weight is 520 g/mol. The quantitative estimate of drug-likeness (QED) is 0.325. The molecule has 0 saturated carbocycles. The van der Waals surface area contributed by atoms with Gasteiger partial charge in [-0.05, 0) is 57.7 Å². The highest BCUT2D eigenvalue weighted by atomic mass is 16.6. The Morgan fingerprint density at radius 2 is 1.74 bits per heavy atom. The van der Waals surface area contributed by atoms with E-state index in [2.05, 4.69) is 0 Å². The molecule has 2 aromatic rings. The van der Waals surface area contributed by atoms with E-state index in [1.54, 1.807) is 35.2 Å². The number of hydrogen-bond acceptors (Lipinski definition) is 7. The zero-order chi connectivity index (χ0) is 27.0. The lowest BCUT2D eigenvalue weighted by Gasteiger charge is -2.35. The SMILES string of the molecule is CCCCN1C(=O)[C@@]2(/C(=C(\O)c3ccc4c(c3)OCCO4)C(=O)C(=O)N2CCCN(C)C)c2ccccc21. The van der Waals surface area contributed by atoms with E-state index in [4.69, 9.17) is 9.47 Å². The van der Waals surface area contributed by atoms with Gasteiger partial charge in [0.05, 0.1) is 11.3 Å². The van der Waals surface area contributed by atoms with Crippen LogP contribution >= 0.6 is 0 Å². The molecule has 1 fully saturated rings. The fourth-order valence-corrected chi connectivity index (χ4v) is 5.58. The largest absolute Gasteiger partial charge is 0.507 e. The molecule has 3 aliphatic heterocycles. The van der Waals surface area contributed by atoms with Crippen LogP contribution in [0.5, 0.6) is 11.5 Å². The molecule has 0 unspecified atom stereocenters. The highest BCUT2D eigenvalue weighted by Crippen LogP contribution is 2.54. The fraction of sp³-hybridized carbons (Fsp3) is 0.414. The topological polar surface area (TPSA) is 99.6 Å². The first-order valence-electron chi connectivity index (χ1n) is 13.1. The maximum absolute atomic E-state index is 14.4. The van der Waals surface area contributed by atoms with Gasteiger partial charge in [-0.25, -0.2) is 0 Å². The summed E-state index contributed by atoms with van der Waals surface area (Å²) in [5.74, 6) is -1.51. The molecule has 0 aliphatic carbocycles. The standard InChI is InChI=1S/C29H33N3O6/c1-4-5-14-31-21-10-7-6-9-20(21)29(28(31)36)24(26(34)27(35)32(29)15-8-13-30(2)3)25(33)19-11-12-22-23(18-19)38-17-16-37-22/h6-7,9-12,18,33H,4-5,8,13-17H2,1-3H3/b25-24-/t29-/m0/s1. The van der Waals surface area contributed by atoms with Crippen molar-refractivity contribution < 1.29 is 29.0 Å². The van der Waals surface area contributed by atoms with Crippen molar-refractivity contribution in [3.8, 4) is 11.5 Å². The number of carbonyl (C=O) groups is 3. The monoisotopic (exact) mass is 519 g/mol. The number of ether oxygens (including phenoxy) is 2. The smallest absolute Gasteiger partial charge is 0.296 e. The Balaban J connectivity index is 1.72. The third kappa shape index (κ3) is 3.93. The zero-order valence-corrected chi connectivity index (χ0v) is 22.0. The number of ketones is 1. The summed E-state index contributed by atoms with van der Waals surface area (Å²) in [5, 5.41) is 11.7. The predicted molar refractivity (Wildman–Crippen MR) is 142 cm³/mol. The highest BCUT2D eigenvalue weighted by Gasteiger charge is 2.66. The Morgan fingerprint density at radius 1 is 1.00 bits per heavy atom. The van der Waals surface area contributed by atoms with Gasteiger partial charge in [0.1, 0.15) is 19.0 Å². The van der Waals surface area contributed by atoms with E-state index in [0.29, 0.717) is 55.5 Å². The van der Waals surface area contributed by atoms with Crippen molar-refractivity contribution in [3.05, 3.63) is 59.2 Å². The molecule has 9 nitrogen and oxygen atoms in total. The Labute approximate surface area is 222 Å². The molecule has 1 spiro atoms. The molecule has 1 N–H and O–H groups in total. The molecular formula is C29H33N3O6. The summed E-state index contributed by atoms with van der Waals surface area (Å²) in [6.45, 7) is 4.10. The lowest BCUT2D eigenvalue weighted by Crippen LogP contribution is -2.52. The summed E-state index contributed by atoms with van der Waals surface area (Å²) in [7, 11) is 3.85. The summed E-state index contributed by atoms with van der Waals surface area (Å²) in [6, 6.07) is 12.1. The van der Waals surface area contributed by atoms with Crippen LogP contribution in [-0.4, -0.2) is 79.4 Å². The molecule has 0 bridgehead atoms. The van der Waals surface area contributed by atoms with Gasteiger partial charge in [-0.2, -0.15) is 0 Å². The van der Waals surface area contributed by atoms with E-state index in [1.165, 1.54) is 4.90 Å². The number of unbranched alkanes of at least 4 members (excludes halogenated alkanes) is 1. The second kappa shape index (κ2) is 10.1. The number of fused-ring (bicyclic) bond motifs is 3. The predicted octanol–water partition coefficient (Wildman–Crippen LogP) is 3.13. The first-order valence-corrected chi connectivity index (χ1v) is 13.1. The number of benzene rings is 2. The van der Waals surface area contributed by atoms with Crippen molar-refractivity contribution in [2.75, 3.05) is 51.8 Å². The van der Waals surface area contributed by atoms with E-state index in [0.717, 1.165) is 12.8 Å². The molecule has 3 heterocycles. The molecule has 2 aromatic carbocycles. The zero-order valence-electron chi connectivity index (χ0n) is 22.0. The van der Waals surface area contributed by atoms with Crippen LogP contribution in [0.4, 0.5) is 5.69 Å². The van der Waals surface area contributed by atoms with Gasteiger partial charge in [0.25, 0.3) is 17.6 Å². The molecule has 3 aliphatic rings. The molecule has 1 saturated heterocycles. The van der Waals surface area contributed by atoms with Gasteiger partial charge >= 0.3 is 0 Å². The molecule has 38 heavy (non-hydrogen) atoms. The van der Waals surface area contributed by atoms with E-state index in [-0.39, 0.29) is 17.7 Å². The number of para-hydroxylation sites is 1. The number of nitrogens with zero attached hydrogens (tertiary/aromatic N) is 3. The molecule has 0 radical (unpaired) electrons. The van der Waals surface area contributed by atoms with Gasteiger partial charge < -0.3 is 29.3 Å². The number of amides is 2. The Bertz CT molecular complexity index is 1320. The average Bonchev–Trinajstić information content (AvgIpc) is 3.29. The lowest BCUT2D eigenvalue weighted by molar-refractivity contribution is -0.143. The fourth-order valence-electron chi connectivity index (χ4n) is 5.58. The summed E-state index contributed by atoms with van der Waals surface area (Å²) in [5.41, 5.74) is -0.497. The van der Waals surface area contributed by atoms with Crippen LogP contribution in [0, 0.1) is 0 Å². The summed E-state index contributed by atoms with van der Waals surface area (Å²) in [4.78, 5) is 46.8. The Kier molecular flexibility index (Phi) is 6.88. The van der Waals surface area contributed by atoms with E-state index < -0.39 is 28.9 Å². The van der Waals surface area contributed by atoms with Crippen molar-refractivity contribution in [2.45, 2.75) is 31.7 Å². The van der Waals surface area contributed by atoms with Crippen molar-refractivity contribution in [3.63, 3.8) is 0 Å². The Morgan fingerprint density at radius 3 is 2.47 bits per heavy atom. The van der Waals surface area contributed by atoms with Crippen molar-refractivity contribution >= 4 is 29.0 Å². The Hall–Kier alpha value is -3.85. The normalized spacial score (nSPS) is 21.6. The highest BCUT2D eigenvalue weighted by molar-refractivity contribution is 6.50. The van der Waals surface area contributed by atoms with Crippen molar-refractivity contribution in [2.24, 2.45) is 0 Å². The van der Waals surface area contributed by atoms with Crippen LogP contribution in [-0.2, 0) is 19.9 Å². The number of aliphatic hydroxyl groups is 1. The summed E-state index contributed by atoms with van der Waals surface area (Å²) < 4.78 is 11.3. The molecule has 2 amide bonds. The number of rotatable bonds is 8. The van der Waals surface area contributed by atoms with Crippen molar-refractivity contribution in [1.82, 2.24) is 9.80 Å². The third-order valence-electron chi connectivity index (χ3n) is 7.35. The molecule has 200 valence electrons. The molecular weight excluding hydrogens is 486 g/mol. The number of hydrogen-bond donors (Lipinski definition) is 1. The van der Waals surface area contributed by atoms with Gasteiger partial charge in [0.2, 0.25) is 0 Å². The second-order valence-electron chi connectivity index (χ2n) is 10.1. The molecule has 9 heteroatoms. The van der Waals surface area contributed by atoms with Crippen LogP contribution < -0.4 is 14.4 Å². The summed E-state index contributed by atoms with van der Waals surface area (Å²) in [6.07, 6.45) is 2.18. The van der Waals surface area contributed by atoms with Crippen LogP contribution in [0.15, 0.2) is 48.0 Å². The van der Waals surface area contributed by atoms with Crippen LogP contribution in [0.2, 0.25) is 0 Å². The van der Waals surface area contributed by atoms with Gasteiger partial charge in [0, 0.05) is 24.2 Å². The summed E-state index contributed by atoms with van der Waals surface area (Å²) >= 11 is 0. The number of anilines is 1. The maximum Gasteiger partial charge on any atom is 0.296 e. The minimum Gasteiger partial charge on any atom is -0.507 e. The number of Topliss-reactive ketones (excluding diaryl/α,β-unsaturated/α-hetero) is 1. The maximum atomic E-state index is 14.4. The number of carbonyl (C=O) groups excluding carboxylic acids is 3. The van der Waals surface area contributed by atoms with E-state index in [9.17, 15) is 19.5 Å². The van der Waals surface area contributed by atoms with Gasteiger partial charge in [-0.3, -0.25) is 14.4 Å². The van der Waals surface area contributed by atoms with Crippen LogP contribution in [0.25, 0.3) is 5.76 Å². The molecule has 0 aromatic heterocycles. The minimum absolute atomic E-state index is 0.183. The minimum atomic E-state index is -1.75. The van der Waals surface area contributed by atoms with E-state index >= 15 is 0 Å². The number of aliphatic hydroxyl groups excluding tert-OH is 1. The van der Waals surface area contributed by atoms with Crippen LogP contribution in [0.3, 0.4) is 0 Å². The third-order valence-corrected chi connectivity index (χ3v) is 7.35. The lowest BCUT2D eigenvalue weighted by atomic mass is 9.81. The van der Waals surface area contributed by atoms with Crippen LogP contribution in [0.1, 0.15) is 37.3 Å². The van der Waals surface area contributed by atoms with E-state index in [1.807, 2.05) is 38.1 Å². The first-order chi connectivity index (χ1) is 18.3. The molecule has 5 rings (SSSR count). The van der Waals surface area contributed by atoms with Gasteiger partial charge in [-0.1, -0.05) is 31.5 Å². The van der Waals surface area contributed by atoms with Gasteiger partial charge in [-0.15, -0.1) is 0 Å². The first kappa shape index (κ1) is 25.8. The second-order valence-corrected chi connectivity index (χ2v) is 10.1. The van der Waals surface area contributed by atoms with Crippen molar-refractivity contribution in [1.29, 1.82) is 0 Å².